The van der Waals surface area contributed by atoms with Crippen LogP contribution in [0.1, 0.15) is 41.7 Å². The van der Waals surface area contributed by atoms with Gasteiger partial charge in [0.1, 0.15) is 5.82 Å². The normalized spacial score (nSPS) is 17.6. The van der Waals surface area contributed by atoms with Gasteiger partial charge in [0.05, 0.1) is 33.0 Å². The summed E-state index contributed by atoms with van der Waals surface area (Å²) < 4.78 is 3.67. The molecule has 8 nitrogen and oxygen atoms in total. The van der Waals surface area contributed by atoms with Crippen LogP contribution in [-0.4, -0.2) is 45.1 Å². The molecular weight excluding hydrogens is 488 g/mol. The molecule has 0 bridgehead atoms. The lowest BCUT2D eigenvalue weighted by atomic mass is 9.85. The summed E-state index contributed by atoms with van der Waals surface area (Å²) in [5, 5.41) is 3.60. The molecule has 3 heterocycles. The second kappa shape index (κ2) is 10.4. The van der Waals surface area contributed by atoms with Crippen LogP contribution in [0.2, 0.25) is 5.02 Å². The van der Waals surface area contributed by atoms with Crippen molar-refractivity contribution in [2.45, 2.75) is 45.2 Å². The van der Waals surface area contributed by atoms with E-state index in [0.29, 0.717) is 28.7 Å². The molecule has 0 radical (unpaired) electrons. The third-order valence-electron chi connectivity index (χ3n) is 7.20. The van der Waals surface area contributed by atoms with Gasteiger partial charge in [-0.05, 0) is 62.8 Å². The van der Waals surface area contributed by atoms with E-state index in [-0.39, 0.29) is 17.6 Å². The van der Waals surface area contributed by atoms with Crippen LogP contribution in [0.3, 0.4) is 0 Å². The lowest BCUT2D eigenvalue weighted by molar-refractivity contribution is 0.0919. The van der Waals surface area contributed by atoms with Gasteiger partial charge >= 0.3 is 5.69 Å². The highest BCUT2D eigenvalue weighted by Crippen LogP contribution is 2.28. The number of amides is 1. The Kier molecular flexibility index (Phi) is 7.02. The Morgan fingerprint density at radius 3 is 2.54 bits per heavy atom. The van der Waals surface area contributed by atoms with Gasteiger partial charge in [0.25, 0.3) is 5.91 Å². The molecule has 1 fully saturated rings. The van der Waals surface area contributed by atoms with Crippen LogP contribution in [-0.2, 0) is 6.54 Å². The molecule has 0 unspecified atom stereocenters. The Hall–Kier alpha value is -3.65. The molecule has 192 valence electrons. The summed E-state index contributed by atoms with van der Waals surface area (Å²) >= 11 is 6.04. The van der Waals surface area contributed by atoms with Gasteiger partial charge in [-0.1, -0.05) is 23.7 Å². The Morgan fingerprint density at radius 1 is 1.08 bits per heavy atom. The topological polar surface area (TPSA) is 85.0 Å². The molecule has 0 atom stereocenters. The Labute approximate surface area is 220 Å². The zero-order chi connectivity index (χ0) is 26.1. The molecule has 37 heavy (non-hydrogen) atoms. The summed E-state index contributed by atoms with van der Waals surface area (Å²) in [6.07, 6.45) is 6.89. The number of halogens is 1. The number of anilines is 1. The summed E-state index contributed by atoms with van der Waals surface area (Å²) in [5.41, 5.74) is 3.75. The summed E-state index contributed by atoms with van der Waals surface area (Å²) in [4.78, 5) is 37.0. The average molecular weight is 519 g/mol. The van der Waals surface area contributed by atoms with Crippen LogP contribution in [0.5, 0.6) is 0 Å². The number of aryl methyl sites for hydroxylation is 1. The Balaban J connectivity index is 1.32. The van der Waals surface area contributed by atoms with Crippen molar-refractivity contribution in [1.82, 2.24) is 24.4 Å². The van der Waals surface area contributed by atoms with E-state index in [9.17, 15) is 9.59 Å². The van der Waals surface area contributed by atoms with Gasteiger partial charge in [-0.25, -0.2) is 9.78 Å². The van der Waals surface area contributed by atoms with Crippen LogP contribution in [0.4, 0.5) is 5.82 Å². The van der Waals surface area contributed by atoms with Crippen LogP contribution in [0, 0.1) is 12.8 Å². The number of para-hydroxylation sites is 2. The molecule has 1 aromatic carbocycles. The summed E-state index contributed by atoms with van der Waals surface area (Å²) in [7, 11) is 3.87. The van der Waals surface area contributed by atoms with Crippen LogP contribution < -0.4 is 15.9 Å². The van der Waals surface area contributed by atoms with Crippen molar-refractivity contribution < 1.29 is 4.79 Å². The SMILES string of the molecule is Cc1ncc(Cl)cc1C(=O)N[C@H]1CC[C@H](Cn2c(=O)n(-c3ccnc(N(C)C)c3)c3ccccc32)CC1. The molecule has 3 aromatic heterocycles. The van der Waals surface area contributed by atoms with E-state index in [1.807, 2.05) is 66.9 Å². The number of nitrogens with one attached hydrogen (secondary N) is 1. The first-order valence-corrected chi connectivity index (χ1v) is 13.0. The van der Waals surface area contributed by atoms with E-state index in [0.717, 1.165) is 48.2 Å². The number of carbonyl (C=O) groups excluding carboxylic acids is 1. The van der Waals surface area contributed by atoms with Gasteiger partial charge in [0, 0.05) is 45.1 Å². The number of fused-ring (bicyclic) bond motifs is 1. The highest BCUT2D eigenvalue weighted by molar-refractivity contribution is 6.30. The molecule has 5 rings (SSSR count). The second-order valence-electron chi connectivity index (χ2n) is 9.96. The zero-order valence-electron chi connectivity index (χ0n) is 21.3. The first-order valence-electron chi connectivity index (χ1n) is 12.6. The van der Waals surface area contributed by atoms with Crippen molar-refractivity contribution in [2.24, 2.45) is 5.92 Å². The number of hydrogen-bond acceptors (Lipinski definition) is 5. The number of rotatable bonds is 6. The van der Waals surface area contributed by atoms with Gasteiger partial charge in [-0.2, -0.15) is 0 Å². The van der Waals surface area contributed by atoms with Gasteiger partial charge in [-0.3, -0.25) is 18.9 Å². The van der Waals surface area contributed by atoms with E-state index >= 15 is 0 Å². The largest absolute Gasteiger partial charge is 0.363 e. The van der Waals surface area contributed by atoms with Gasteiger partial charge in [0.2, 0.25) is 0 Å². The fraction of sp³-hybridized carbons (Fsp3) is 0.357. The molecule has 1 aliphatic carbocycles. The molecule has 0 aliphatic heterocycles. The fourth-order valence-electron chi connectivity index (χ4n) is 5.17. The molecule has 0 spiro atoms. The lowest BCUT2D eigenvalue weighted by Crippen LogP contribution is -2.39. The molecule has 1 saturated carbocycles. The Morgan fingerprint density at radius 2 is 1.81 bits per heavy atom. The third-order valence-corrected chi connectivity index (χ3v) is 7.41. The predicted molar refractivity (Wildman–Crippen MR) is 147 cm³/mol. The fourth-order valence-corrected chi connectivity index (χ4v) is 5.33. The van der Waals surface area contributed by atoms with Crippen LogP contribution >= 0.6 is 11.6 Å². The maximum Gasteiger partial charge on any atom is 0.333 e. The van der Waals surface area contributed by atoms with Crippen molar-refractivity contribution in [3.8, 4) is 5.69 Å². The van der Waals surface area contributed by atoms with Crippen molar-refractivity contribution in [3.05, 3.63) is 81.6 Å². The van der Waals surface area contributed by atoms with E-state index in [4.69, 9.17) is 11.6 Å². The number of hydrogen-bond donors (Lipinski definition) is 1. The maximum absolute atomic E-state index is 13.7. The minimum Gasteiger partial charge on any atom is -0.363 e. The maximum atomic E-state index is 13.7. The lowest BCUT2D eigenvalue weighted by Gasteiger charge is -2.29. The summed E-state index contributed by atoms with van der Waals surface area (Å²) in [6.45, 7) is 2.46. The molecule has 1 amide bonds. The minimum absolute atomic E-state index is 0.0449. The monoisotopic (exact) mass is 518 g/mol. The molecule has 0 saturated heterocycles. The number of benzene rings is 1. The summed E-state index contributed by atoms with van der Waals surface area (Å²) in [5.74, 6) is 1.02. The van der Waals surface area contributed by atoms with Gasteiger partial charge in [-0.15, -0.1) is 0 Å². The minimum atomic E-state index is -0.135. The van der Waals surface area contributed by atoms with Crippen molar-refractivity contribution in [2.75, 3.05) is 19.0 Å². The third kappa shape index (κ3) is 5.11. The predicted octanol–water partition coefficient (Wildman–Crippen LogP) is 4.60. The summed E-state index contributed by atoms with van der Waals surface area (Å²) in [6, 6.07) is 13.5. The standard InChI is InChI=1S/C28H31ClN6O2/c1-18-23(14-20(29)16-31-18)27(36)32-21-10-8-19(9-11-21)17-34-24-6-4-5-7-25(24)35(28(34)37)22-12-13-30-26(15-22)33(2)3/h4-7,12-16,19,21H,8-11,17H2,1-3H3,(H,32,36)/t19-,21-. The number of carbonyl (C=O) groups is 1. The highest BCUT2D eigenvalue weighted by Gasteiger charge is 2.25. The molecule has 4 aromatic rings. The first-order chi connectivity index (χ1) is 17.8. The number of nitrogens with zero attached hydrogens (tertiary/aromatic N) is 5. The Bertz CT molecular complexity index is 1500. The van der Waals surface area contributed by atoms with E-state index in [1.165, 1.54) is 0 Å². The van der Waals surface area contributed by atoms with E-state index in [2.05, 4.69) is 15.3 Å². The zero-order valence-corrected chi connectivity index (χ0v) is 22.1. The second-order valence-corrected chi connectivity index (χ2v) is 10.4. The first kappa shape index (κ1) is 25.0. The van der Waals surface area contributed by atoms with Gasteiger partial charge < -0.3 is 10.2 Å². The smallest absolute Gasteiger partial charge is 0.333 e. The number of imidazole rings is 1. The van der Waals surface area contributed by atoms with Gasteiger partial charge in [0.15, 0.2) is 0 Å². The molecular formula is C28H31ClN6O2. The van der Waals surface area contributed by atoms with Crippen LogP contribution in [0.15, 0.2) is 59.7 Å². The quantitative estimate of drug-likeness (QED) is 0.403. The highest BCUT2D eigenvalue weighted by atomic mass is 35.5. The average Bonchev–Trinajstić information content (AvgIpc) is 3.17. The number of aromatic nitrogens is 4. The number of pyridine rings is 2. The van der Waals surface area contributed by atoms with Crippen molar-refractivity contribution in [3.63, 3.8) is 0 Å². The molecule has 1 N–H and O–H groups in total. The molecule has 1 aliphatic rings. The molecule has 9 heteroatoms. The van der Waals surface area contributed by atoms with Crippen molar-refractivity contribution in [1.29, 1.82) is 0 Å². The van der Waals surface area contributed by atoms with Crippen molar-refractivity contribution >= 4 is 34.4 Å². The van der Waals surface area contributed by atoms with E-state index < -0.39 is 0 Å². The van der Waals surface area contributed by atoms with Crippen LogP contribution in [0.25, 0.3) is 16.7 Å². The van der Waals surface area contributed by atoms with E-state index in [1.54, 1.807) is 23.0 Å².